The van der Waals surface area contributed by atoms with Crippen LogP contribution in [0.5, 0.6) is 0 Å². The van der Waals surface area contributed by atoms with Gasteiger partial charge in [0.1, 0.15) is 0 Å². The maximum atomic E-state index is 5.68. The van der Waals surface area contributed by atoms with E-state index in [4.69, 9.17) is 4.74 Å². The Labute approximate surface area is 136 Å². The fourth-order valence-corrected chi connectivity index (χ4v) is 3.12. The summed E-state index contributed by atoms with van der Waals surface area (Å²) in [5.74, 6) is 2.65. The maximum Gasteiger partial charge on any atom is 0.193 e. The van der Waals surface area contributed by atoms with Crippen molar-refractivity contribution in [1.29, 1.82) is 0 Å². The van der Waals surface area contributed by atoms with Crippen LogP contribution in [-0.2, 0) is 4.74 Å². The van der Waals surface area contributed by atoms with Crippen LogP contribution in [0.3, 0.4) is 0 Å². The zero-order valence-corrected chi connectivity index (χ0v) is 14.7. The summed E-state index contributed by atoms with van der Waals surface area (Å²) in [6.07, 6.45) is 3.99. The van der Waals surface area contributed by atoms with Crippen LogP contribution in [0, 0.1) is 11.8 Å². The molecular formula is C17H34N4O. The first-order valence-corrected chi connectivity index (χ1v) is 9.02. The fourth-order valence-electron chi connectivity index (χ4n) is 3.12. The third kappa shape index (κ3) is 5.76. The van der Waals surface area contributed by atoms with Gasteiger partial charge in [-0.2, -0.15) is 0 Å². The molecule has 1 saturated carbocycles. The molecule has 0 bridgehead atoms. The second-order valence-corrected chi connectivity index (χ2v) is 6.58. The summed E-state index contributed by atoms with van der Waals surface area (Å²) in [5, 5.41) is 3.44. The van der Waals surface area contributed by atoms with E-state index in [1.54, 1.807) is 0 Å². The van der Waals surface area contributed by atoms with Crippen molar-refractivity contribution in [2.45, 2.75) is 33.1 Å². The van der Waals surface area contributed by atoms with Crippen LogP contribution >= 0.6 is 0 Å². The van der Waals surface area contributed by atoms with E-state index in [-0.39, 0.29) is 0 Å². The molecule has 0 aromatic carbocycles. The molecule has 5 heteroatoms. The van der Waals surface area contributed by atoms with Crippen LogP contribution in [0.2, 0.25) is 0 Å². The lowest BCUT2D eigenvalue weighted by Crippen LogP contribution is -2.42. The lowest BCUT2D eigenvalue weighted by molar-refractivity contribution is 0.128. The number of hydrogen-bond donors (Lipinski definition) is 1. The number of nitrogens with zero attached hydrogens (tertiary/aromatic N) is 3. The predicted octanol–water partition coefficient (Wildman–Crippen LogP) is 1.65. The van der Waals surface area contributed by atoms with Crippen LogP contribution in [0.15, 0.2) is 4.99 Å². The van der Waals surface area contributed by atoms with E-state index >= 15 is 0 Å². The molecule has 0 aromatic heterocycles. The number of aliphatic imine (C=N–C) groups is 1. The topological polar surface area (TPSA) is 40.1 Å². The summed E-state index contributed by atoms with van der Waals surface area (Å²) in [7, 11) is 1.88. The van der Waals surface area contributed by atoms with Crippen molar-refractivity contribution in [3.8, 4) is 0 Å². The minimum absolute atomic E-state index is 0.768. The number of guanidine groups is 1. The molecule has 2 aliphatic rings. The van der Waals surface area contributed by atoms with Crippen molar-refractivity contribution in [2.24, 2.45) is 16.8 Å². The van der Waals surface area contributed by atoms with Crippen LogP contribution in [0.25, 0.3) is 0 Å². The van der Waals surface area contributed by atoms with E-state index in [9.17, 15) is 0 Å². The molecule has 0 radical (unpaired) electrons. The Hall–Kier alpha value is -0.810. The number of hydrogen-bond acceptors (Lipinski definition) is 3. The minimum atomic E-state index is 0.768. The van der Waals surface area contributed by atoms with Crippen LogP contribution in [-0.4, -0.2) is 75.3 Å². The average molecular weight is 310 g/mol. The molecule has 1 saturated heterocycles. The summed E-state index contributed by atoms with van der Waals surface area (Å²) in [5.41, 5.74) is 0. The van der Waals surface area contributed by atoms with E-state index in [0.29, 0.717) is 0 Å². The van der Waals surface area contributed by atoms with Gasteiger partial charge in [-0.3, -0.25) is 4.99 Å². The Morgan fingerprint density at radius 2 is 2.00 bits per heavy atom. The van der Waals surface area contributed by atoms with Crippen LogP contribution in [0.4, 0.5) is 0 Å². The zero-order valence-electron chi connectivity index (χ0n) is 14.7. The molecule has 2 fully saturated rings. The van der Waals surface area contributed by atoms with Crippen molar-refractivity contribution in [3.05, 3.63) is 0 Å². The quantitative estimate of drug-likeness (QED) is 0.399. The lowest BCUT2D eigenvalue weighted by Gasteiger charge is -2.24. The van der Waals surface area contributed by atoms with Crippen molar-refractivity contribution in [1.82, 2.24) is 15.1 Å². The molecule has 0 aromatic rings. The molecule has 2 rings (SSSR count). The summed E-state index contributed by atoms with van der Waals surface area (Å²) < 4.78 is 5.68. The molecular weight excluding hydrogens is 276 g/mol. The summed E-state index contributed by atoms with van der Waals surface area (Å²) in [4.78, 5) is 9.35. The summed E-state index contributed by atoms with van der Waals surface area (Å²) in [6, 6.07) is 0. The maximum absolute atomic E-state index is 5.68. The molecule has 0 spiro atoms. The highest BCUT2D eigenvalue weighted by Gasteiger charge is 2.26. The Balaban J connectivity index is 1.63. The number of likely N-dealkylation sites (tertiary alicyclic amines) is 1. The Bertz CT molecular complexity index is 340. The van der Waals surface area contributed by atoms with Crippen LogP contribution in [0.1, 0.15) is 33.1 Å². The molecule has 5 nitrogen and oxygen atoms in total. The van der Waals surface area contributed by atoms with Crippen molar-refractivity contribution < 1.29 is 4.74 Å². The first kappa shape index (κ1) is 17.5. The highest BCUT2D eigenvalue weighted by atomic mass is 16.5. The first-order chi connectivity index (χ1) is 10.8. The minimum Gasteiger partial charge on any atom is -0.379 e. The Kier molecular flexibility index (Phi) is 7.46. The van der Waals surface area contributed by atoms with Gasteiger partial charge in [0.15, 0.2) is 5.96 Å². The number of ether oxygens (including phenoxy) is 1. The average Bonchev–Trinajstić information content (AvgIpc) is 3.25. The van der Waals surface area contributed by atoms with Gasteiger partial charge < -0.3 is 19.9 Å². The molecule has 0 amide bonds. The smallest absolute Gasteiger partial charge is 0.193 e. The molecule has 22 heavy (non-hydrogen) atoms. The molecule has 1 N–H and O–H groups in total. The Morgan fingerprint density at radius 1 is 1.23 bits per heavy atom. The van der Waals surface area contributed by atoms with Gasteiger partial charge in [-0.1, -0.05) is 13.8 Å². The van der Waals surface area contributed by atoms with E-state index < -0.39 is 0 Å². The van der Waals surface area contributed by atoms with E-state index in [0.717, 1.165) is 63.7 Å². The van der Waals surface area contributed by atoms with Gasteiger partial charge in [0.25, 0.3) is 0 Å². The molecule has 1 aliphatic carbocycles. The molecule has 1 aliphatic heterocycles. The molecule has 1 atom stereocenters. The predicted molar refractivity (Wildman–Crippen MR) is 92.4 cm³/mol. The molecule has 128 valence electrons. The zero-order chi connectivity index (χ0) is 15.8. The first-order valence-electron chi connectivity index (χ1n) is 9.02. The third-order valence-corrected chi connectivity index (χ3v) is 4.79. The van der Waals surface area contributed by atoms with Crippen molar-refractivity contribution in [2.75, 3.05) is 59.5 Å². The van der Waals surface area contributed by atoms with Crippen LogP contribution < -0.4 is 5.32 Å². The largest absolute Gasteiger partial charge is 0.379 e. The van der Waals surface area contributed by atoms with E-state index in [1.165, 1.54) is 25.8 Å². The highest BCUT2D eigenvalue weighted by Crippen LogP contribution is 2.28. The van der Waals surface area contributed by atoms with E-state index in [1.807, 2.05) is 7.05 Å². The van der Waals surface area contributed by atoms with Crippen molar-refractivity contribution >= 4 is 5.96 Å². The van der Waals surface area contributed by atoms with Gasteiger partial charge in [0.2, 0.25) is 0 Å². The lowest BCUT2D eigenvalue weighted by atomic mass is 10.1. The normalized spacial score (nSPS) is 22.6. The van der Waals surface area contributed by atoms with Gasteiger partial charge in [-0.05, 0) is 44.2 Å². The second kappa shape index (κ2) is 9.36. The monoisotopic (exact) mass is 310 g/mol. The summed E-state index contributed by atoms with van der Waals surface area (Å²) >= 11 is 0. The van der Waals surface area contributed by atoms with Gasteiger partial charge in [0.05, 0.1) is 6.61 Å². The standard InChI is InChI=1S/C17H34N4O/c1-4-20(5-2)12-16-8-10-21(13-16)17(18-3)19-9-11-22-14-15-6-7-15/h15-16H,4-14H2,1-3H3,(H,18,19). The van der Waals surface area contributed by atoms with E-state index in [2.05, 4.69) is 34.0 Å². The van der Waals surface area contributed by atoms with Gasteiger partial charge in [-0.25, -0.2) is 0 Å². The number of nitrogens with one attached hydrogen (secondary N) is 1. The summed E-state index contributed by atoms with van der Waals surface area (Å²) in [6.45, 7) is 12.8. The van der Waals surface area contributed by atoms with Gasteiger partial charge >= 0.3 is 0 Å². The fraction of sp³-hybridized carbons (Fsp3) is 0.941. The van der Waals surface area contributed by atoms with Gasteiger partial charge in [0, 0.05) is 39.8 Å². The van der Waals surface area contributed by atoms with Gasteiger partial charge in [-0.15, -0.1) is 0 Å². The highest BCUT2D eigenvalue weighted by molar-refractivity contribution is 5.80. The van der Waals surface area contributed by atoms with Crippen molar-refractivity contribution in [3.63, 3.8) is 0 Å². The molecule has 1 unspecified atom stereocenters. The third-order valence-electron chi connectivity index (χ3n) is 4.79. The second-order valence-electron chi connectivity index (χ2n) is 6.58. The SMILES string of the molecule is CCN(CC)CC1CCN(C(=NC)NCCOCC2CC2)C1. The number of rotatable bonds is 9. The Morgan fingerprint density at radius 3 is 2.64 bits per heavy atom. The molecule has 1 heterocycles.